The van der Waals surface area contributed by atoms with Crippen molar-refractivity contribution in [2.24, 2.45) is 0 Å². The van der Waals surface area contributed by atoms with Crippen molar-refractivity contribution >= 4 is 45.4 Å². The van der Waals surface area contributed by atoms with E-state index in [1.54, 1.807) is 0 Å². The van der Waals surface area contributed by atoms with Crippen molar-refractivity contribution in [3.63, 3.8) is 0 Å². The number of hydrogen-bond acceptors (Lipinski definition) is 2. The van der Waals surface area contributed by atoms with Crippen LogP contribution in [0, 0.1) is 0 Å². The Morgan fingerprint density at radius 1 is 0.857 bits per heavy atom. The van der Waals surface area contributed by atoms with E-state index in [-0.39, 0.29) is 14.5 Å². The van der Waals surface area contributed by atoms with Crippen molar-refractivity contribution < 1.29 is 0 Å². The molecule has 0 unspecified atom stereocenters. The molecule has 0 saturated heterocycles. The Bertz CT molecular complexity index is 912. The number of anilines is 2. The standard InChI is InChI=1S/C18H14N2Se/c1-20(14-8-3-2-4-9-14)18-19-16-12-11-13-7-5-6-10-15(13)17(16)21-18/h2-12H,1H3. The van der Waals surface area contributed by atoms with E-state index in [1.165, 1.54) is 25.4 Å². The summed E-state index contributed by atoms with van der Waals surface area (Å²) in [6.45, 7) is 0. The molecular weight excluding hydrogens is 323 g/mol. The van der Waals surface area contributed by atoms with Crippen LogP contribution in [-0.4, -0.2) is 26.5 Å². The van der Waals surface area contributed by atoms with E-state index in [4.69, 9.17) is 4.98 Å². The van der Waals surface area contributed by atoms with Crippen LogP contribution in [0.3, 0.4) is 0 Å². The van der Waals surface area contributed by atoms with E-state index in [0.717, 1.165) is 5.52 Å². The molecule has 21 heavy (non-hydrogen) atoms. The first-order chi connectivity index (χ1) is 10.3. The molecule has 0 bridgehead atoms. The fourth-order valence-electron chi connectivity index (χ4n) is 2.55. The Hall–Kier alpha value is -2.09. The summed E-state index contributed by atoms with van der Waals surface area (Å²) in [6.07, 6.45) is 0. The Labute approximate surface area is 129 Å². The average Bonchev–Trinajstić information content (AvgIpc) is 2.99. The van der Waals surface area contributed by atoms with Crippen LogP contribution in [0.25, 0.3) is 20.5 Å². The van der Waals surface area contributed by atoms with Gasteiger partial charge in [-0.05, 0) is 0 Å². The van der Waals surface area contributed by atoms with Crippen LogP contribution in [0.1, 0.15) is 0 Å². The van der Waals surface area contributed by atoms with Gasteiger partial charge in [0.1, 0.15) is 0 Å². The fourth-order valence-corrected chi connectivity index (χ4v) is 4.82. The van der Waals surface area contributed by atoms with Gasteiger partial charge in [0, 0.05) is 0 Å². The molecule has 0 N–H and O–H groups in total. The normalized spacial score (nSPS) is 11.1. The second-order valence-corrected chi connectivity index (χ2v) is 7.08. The molecule has 0 radical (unpaired) electrons. The second-order valence-electron chi connectivity index (χ2n) is 5.03. The maximum atomic E-state index is 4.85. The molecule has 1 heterocycles. The first kappa shape index (κ1) is 12.6. The van der Waals surface area contributed by atoms with E-state index in [1.807, 2.05) is 6.07 Å². The molecule has 3 aromatic carbocycles. The molecule has 3 heteroatoms. The summed E-state index contributed by atoms with van der Waals surface area (Å²) in [5.41, 5.74) is 2.32. The van der Waals surface area contributed by atoms with E-state index >= 15 is 0 Å². The number of aromatic nitrogens is 1. The topological polar surface area (TPSA) is 16.1 Å². The van der Waals surface area contributed by atoms with Gasteiger partial charge in [-0.2, -0.15) is 0 Å². The van der Waals surface area contributed by atoms with Crippen LogP contribution in [0.15, 0.2) is 66.7 Å². The third-order valence-electron chi connectivity index (χ3n) is 3.70. The number of nitrogens with zero attached hydrogens (tertiary/aromatic N) is 2. The summed E-state index contributed by atoms with van der Waals surface area (Å²) >= 11 is 0.251. The first-order valence-corrected chi connectivity index (χ1v) is 8.61. The van der Waals surface area contributed by atoms with Crippen molar-refractivity contribution in [1.29, 1.82) is 0 Å². The summed E-state index contributed by atoms with van der Waals surface area (Å²) in [6, 6.07) is 23.3. The van der Waals surface area contributed by atoms with E-state index in [2.05, 4.69) is 72.6 Å². The summed E-state index contributed by atoms with van der Waals surface area (Å²) in [4.78, 5) is 7.05. The quantitative estimate of drug-likeness (QED) is 0.509. The van der Waals surface area contributed by atoms with Crippen LogP contribution in [0.2, 0.25) is 0 Å². The number of rotatable bonds is 2. The summed E-state index contributed by atoms with van der Waals surface area (Å²) in [5.74, 6) is 0. The molecule has 4 rings (SSSR count). The molecule has 0 atom stereocenters. The fraction of sp³-hybridized carbons (Fsp3) is 0.0556. The molecule has 102 valence electrons. The zero-order valence-corrected chi connectivity index (χ0v) is 13.4. The van der Waals surface area contributed by atoms with Crippen molar-refractivity contribution in [3.8, 4) is 0 Å². The van der Waals surface area contributed by atoms with Crippen LogP contribution < -0.4 is 4.90 Å². The Morgan fingerprint density at radius 3 is 2.48 bits per heavy atom. The van der Waals surface area contributed by atoms with Gasteiger partial charge in [-0.3, -0.25) is 0 Å². The molecular formula is C18H14N2Se. The maximum absolute atomic E-state index is 4.85. The van der Waals surface area contributed by atoms with Gasteiger partial charge in [0.15, 0.2) is 0 Å². The predicted molar refractivity (Wildman–Crippen MR) is 90.7 cm³/mol. The number of hydrogen-bond donors (Lipinski definition) is 0. The van der Waals surface area contributed by atoms with Gasteiger partial charge in [-0.1, -0.05) is 0 Å². The minimum absolute atomic E-state index is 0.251. The van der Waals surface area contributed by atoms with Gasteiger partial charge in [0.2, 0.25) is 0 Å². The van der Waals surface area contributed by atoms with Crippen molar-refractivity contribution in [1.82, 2.24) is 4.98 Å². The van der Waals surface area contributed by atoms with Crippen LogP contribution in [-0.2, 0) is 0 Å². The molecule has 0 fully saturated rings. The Morgan fingerprint density at radius 2 is 1.62 bits per heavy atom. The van der Waals surface area contributed by atoms with Crippen molar-refractivity contribution in [3.05, 3.63) is 66.7 Å². The van der Waals surface area contributed by atoms with Crippen LogP contribution in [0.5, 0.6) is 0 Å². The zero-order chi connectivity index (χ0) is 14.2. The average molecular weight is 337 g/mol. The molecule has 2 nitrogen and oxygen atoms in total. The van der Waals surface area contributed by atoms with Gasteiger partial charge in [-0.25, -0.2) is 0 Å². The van der Waals surface area contributed by atoms with Gasteiger partial charge in [0.25, 0.3) is 0 Å². The van der Waals surface area contributed by atoms with E-state index in [0.29, 0.717) is 0 Å². The Balaban J connectivity index is 1.89. The summed E-state index contributed by atoms with van der Waals surface area (Å²) in [7, 11) is 2.10. The van der Waals surface area contributed by atoms with Gasteiger partial charge >= 0.3 is 129 Å². The SMILES string of the molecule is CN(c1ccccc1)c1nc2ccc3ccccc3c2[se]1. The van der Waals surface area contributed by atoms with Crippen molar-refractivity contribution in [2.75, 3.05) is 11.9 Å². The first-order valence-electron chi connectivity index (χ1n) is 6.90. The predicted octanol–water partition coefficient (Wildman–Crippen LogP) is 4.21. The number of benzene rings is 3. The molecule has 0 saturated carbocycles. The monoisotopic (exact) mass is 338 g/mol. The van der Waals surface area contributed by atoms with Crippen LogP contribution >= 0.6 is 0 Å². The number of para-hydroxylation sites is 1. The third kappa shape index (κ3) is 2.15. The molecule has 0 aliphatic carbocycles. The van der Waals surface area contributed by atoms with E-state index < -0.39 is 0 Å². The zero-order valence-electron chi connectivity index (χ0n) is 11.7. The summed E-state index contributed by atoms with van der Waals surface area (Å²) < 4.78 is 2.57. The third-order valence-corrected chi connectivity index (χ3v) is 6.18. The van der Waals surface area contributed by atoms with E-state index in [9.17, 15) is 0 Å². The van der Waals surface area contributed by atoms with Crippen molar-refractivity contribution in [2.45, 2.75) is 0 Å². The summed E-state index contributed by atoms with van der Waals surface area (Å²) in [5, 5.41) is 2.65. The molecule has 0 spiro atoms. The molecule has 0 amide bonds. The number of fused-ring (bicyclic) bond motifs is 3. The Kier molecular flexibility index (Phi) is 3.03. The van der Waals surface area contributed by atoms with Crippen LogP contribution in [0.4, 0.5) is 10.4 Å². The minimum atomic E-state index is 0.251. The van der Waals surface area contributed by atoms with Gasteiger partial charge in [-0.15, -0.1) is 0 Å². The molecule has 1 aromatic heterocycles. The van der Waals surface area contributed by atoms with Gasteiger partial charge < -0.3 is 0 Å². The van der Waals surface area contributed by atoms with Gasteiger partial charge in [0.05, 0.1) is 0 Å². The molecule has 0 aliphatic rings. The second kappa shape index (κ2) is 5.03. The molecule has 4 aromatic rings. The molecule has 0 aliphatic heterocycles.